The largest absolute Gasteiger partial charge is 0.494 e. The molecule has 2 rings (SSSR count). The minimum Gasteiger partial charge on any atom is -0.494 e. The normalized spacial score (nSPS) is 18.4. The third kappa shape index (κ3) is 6.94. The highest BCUT2D eigenvalue weighted by atomic mass is 16.5. The van der Waals surface area contributed by atoms with Crippen molar-refractivity contribution in [2.75, 3.05) is 39.8 Å². The summed E-state index contributed by atoms with van der Waals surface area (Å²) in [5, 5.41) is 6.86. The number of nitrogens with one attached hydrogen (secondary N) is 2. The number of benzene rings is 1. The van der Waals surface area contributed by atoms with Crippen LogP contribution < -0.4 is 15.4 Å². The number of hydrogen-bond donors (Lipinski definition) is 2. The second kappa shape index (κ2) is 11.0. The van der Waals surface area contributed by atoms with Crippen molar-refractivity contribution in [1.82, 2.24) is 15.5 Å². The van der Waals surface area contributed by atoms with E-state index in [4.69, 9.17) is 4.74 Å². The lowest BCUT2D eigenvalue weighted by Gasteiger charge is -2.24. The maximum atomic E-state index is 5.75. The number of aryl methyl sites for hydroxylation is 1. The molecule has 1 saturated heterocycles. The molecule has 140 valence electrons. The summed E-state index contributed by atoms with van der Waals surface area (Å²) in [7, 11) is 1.84. The van der Waals surface area contributed by atoms with Crippen molar-refractivity contribution >= 4 is 5.96 Å². The van der Waals surface area contributed by atoms with E-state index in [1.807, 2.05) is 19.2 Å². The molecule has 0 aliphatic carbocycles. The fourth-order valence-corrected chi connectivity index (χ4v) is 3.24. The first kappa shape index (κ1) is 19.6. The first-order valence-corrected chi connectivity index (χ1v) is 9.61. The third-order valence-corrected chi connectivity index (χ3v) is 4.79. The van der Waals surface area contributed by atoms with Crippen LogP contribution in [-0.4, -0.2) is 56.7 Å². The number of likely N-dealkylation sites (tertiary alicyclic amines) is 1. The van der Waals surface area contributed by atoms with E-state index in [1.54, 1.807) is 0 Å². The highest BCUT2D eigenvalue weighted by Crippen LogP contribution is 2.15. The Morgan fingerprint density at radius 1 is 1.24 bits per heavy atom. The molecule has 25 heavy (non-hydrogen) atoms. The molecule has 0 spiro atoms. The van der Waals surface area contributed by atoms with Gasteiger partial charge in [0.1, 0.15) is 5.75 Å². The van der Waals surface area contributed by atoms with Gasteiger partial charge in [-0.15, -0.1) is 0 Å². The van der Waals surface area contributed by atoms with Crippen LogP contribution in [0.2, 0.25) is 0 Å². The Kier molecular flexibility index (Phi) is 8.60. The van der Waals surface area contributed by atoms with Gasteiger partial charge in [-0.1, -0.05) is 24.6 Å². The predicted octanol–water partition coefficient (Wildman–Crippen LogP) is 2.80. The predicted molar refractivity (Wildman–Crippen MR) is 106 cm³/mol. The lowest BCUT2D eigenvalue weighted by molar-refractivity contribution is 0.267. The Morgan fingerprint density at radius 2 is 2.04 bits per heavy atom. The van der Waals surface area contributed by atoms with Crippen LogP contribution in [0.5, 0.6) is 5.75 Å². The Balaban J connectivity index is 1.54. The molecule has 1 fully saturated rings. The Hall–Kier alpha value is -1.75. The second-order valence-corrected chi connectivity index (χ2v) is 6.67. The molecule has 2 N–H and O–H groups in total. The Morgan fingerprint density at radius 3 is 2.76 bits per heavy atom. The van der Waals surface area contributed by atoms with Crippen LogP contribution in [-0.2, 0) is 0 Å². The van der Waals surface area contributed by atoms with Gasteiger partial charge in [0.25, 0.3) is 0 Å². The van der Waals surface area contributed by atoms with Gasteiger partial charge in [-0.25, -0.2) is 0 Å². The molecule has 0 bridgehead atoms. The molecule has 1 atom stereocenters. The molecule has 1 unspecified atom stereocenters. The van der Waals surface area contributed by atoms with Crippen molar-refractivity contribution in [1.29, 1.82) is 0 Å². The zero-order chi connectivity index (χ0) is 17.9. The van der Waals surface area contributed by atoms with E-state index >= 15 is 0 Å². The number of rotatable bonds is 9. The number of ether oxygens (including phenoxy) is 1. The topological polar surface area (TPSA) is 48.9 Å². The van der Waals surface area contributed by atoms with Crippen molar-refractivity contribution in [2.24, 2.45) is 4.99 Å². The van der Waals surface area contributed by atoms with Crippen molar-refractivity contribution in [3.63, 3.8) is 0 Å². The fraction of sp³-hybridized carbons (Fsp3) is 0.650. The molecule has 1 aromatic carbocycles. The minimum absolute atomic E-state index is 0.645. The molecule has 5 heteroatoms. The second-order valence-electron chi connectivity index (χ2n) is 6.67. The van der Waals surface area contributed by atoms with Crippen LogP contribution in [0.15, 0.2) is 29.3 Å². The van der Waals surface area contributed by atoms with Crippen LogP contribution in [0.1, 0.15) is 38.2 Å². The molecule has 5 nitrogen and oxygen atoms in total. The van der Waals surface area contributed by atoms with Gasteiger partial charge in [0.15, 0.2) is 5.96 Å². The molecule has 1 aliphatic heterocycles. The third-order valence-electron chi connectivity index (χ3n) is 4.79. The van der Waals surface area contributed by atoms with E-state index in [1.165, 1.54) is 24.9 Å². The van der Waals surface area contributed by atoms with Gasteiger partial charge >= 0.3 is 0 Å². The first-order chi connectivity index (χ1) is 12.2. The number of likely N-dealkylation sites (N-methyl/N-ethyl adjacent to an activating group) is 1. The standard InChI is InChI=1S/C20H34N4O/c1-4-24-14-7-8-18(24)16-23-20(21-3)22-13-5-6-15-25-19-11-9-17(2)10-12-19/h9-12,18H,4-8,13-16H2,1-3H3,(H2,21,22,23). The summed E-state index contributed by atoms with van der Waals surface area (Å²) in [6.45, 7) is 9.34. The lowest BCUT2D eigenvalue weighted by Crippen LogP contribution is -2.45. The summed E-state index contributed by atoms with van der Waals surface area (Å²) in [4.78, 5) is 6.86. The quantitative estimate of drug-likeness (QED) is 0.410. The first-order valence-electron chi connectivity index (χ1n) is 9.61. The number of nitrogens with zero attached hydrogens (tertiary/aromatic N) is 2. The van der Waals surface area contributed by atoms with Crippen molar-refractivity contribution < 1.29 is 4.74 Å². The summed E-state index contributed by atoms with van der Waals surface area (Å²) >= 11 is 0. The zero-order valence-corrected chi connectivity index (χ0v) is 16.1. The number of hydrogen-bond acceptors (Lipinski definition) is 3. The van der Waals surface area contributed by atoms with E-state index in [9.17, 15) is 0 Å². The Labute approximate surface area is 152 Å². The fourth-order valence-electron chi connectivity index (χ4n) is 3.24. The molecular formula is C20H34N4O. The molecule has 0 saturated carbocycles. The highest BCUT2D eigenvalue weighted by Gasteiger charge is 2.22. The Bertz CT molecular complexity index is 515. The van der Waals surface area contributed by atoms with Gasteiger partial charge in [0, 0.05) is 26.2 Å². The van der Waals surface area contributed by atoms with Crippen molar-refractivity contribution in [3.05, 3.63) is 29.8 Å². The maximum absolute atomic E-state index is 5.75. The molecule has 0 amide bonds. The van der Waals surface area contributed by atoms with Gasteiger partial charge in [-0.05, 0) is 57.8 Å². The van der Waals surface area contributed by atoms with E-state index in [-0.39, 0.29) is 0 Å². The molecule has 0 aromatic heterocycles. The molecule has 0 radical (unpaired) electrons. The summed E-state index contributed by atoms with van der Waals surface area (Å²) < 4.78 is 5.75. The number of guanidine groups is 1. The van der Waals surface area contributed by atoms with Gasteiger partial charge < -0.3 is 15.4 Å². The van der Waals surface area contributed by atoms with Crippen LogP contribution >= 0.6 is 0 Å². The number of unbranched alkanes of at least 4 members (excludes halogenated alkanes) is 1. The summed E-state index contributed by atoms with van der Waals surface area (Å²) in [6.07, 6.45) is 4.70. The molecule has 1 heterocycles. The monoisotopic (exact) mass is 346 g/mol. The van der Waals surface area contributed by atoms with Crippen molar-refractivity contribution in [2.45, 2.75) is 45.6 Å². The average molecular weight is 347 g/mol. The van der Waals surface area contributed by atoms with Gasteiger partial charge in [-0.2, -0.15) is 0 Å². The van der Waals surface area contributed by atoms with Crippen LogP contribution in [0, 0.1) is 6.92 Å². The van der Waals surface area contributed by atoms with Crippen LogP contribution in [0.4, 0.5) is 0 Å². The maximum Gasteiger partial charge on any atom is 0.191 e. The summed E-state index contributed by atoms with van der Waals surface area (Å²) in [5.74, 6) is 1.86. The van der Waals surface area contributed by atoms with Gasteiger partial charge in [-0.3, -0.25) is 9.89 Å². The van der Waals surface area contributed by atoms with E-state index in [2.05, 4.69) is 46.5 Å². The summed E-state index contributed by atoms with van der Waals surface area (Å²) in [6, 6.07) is 8.86. The number of aliphatic imine (C=N–C) groups is 1. The molecule has 1 aromatic rings. The minimum atomic E-state index is 0.645. The molecule has 1 aliphatic rings. The average Bonchev–Trinajstić information content (AvgIpc) is 3.09. The molecular weight excluding hydrogens is 312 g/mol. The van der Waals surface area contributed by atoms with Gasteiger partial charge in [0.2, 0.25) is 0 Å². The van der Waals surface area contributed by atoms with E-state index in [0.717, 1.165) is 50.8 Å². The lowest BCUT2D eigenvalue weighted by atomic mass is 10.2. The van der Waals surface area contributed by atoms with Crippen LogP contribution in [0.25, 0.3) is 0 Å². The van der Waals surface area contributed by atoms with E-state index < -0.39 is 0 Å². The van der Waals surface area contributed by atoms with E-state index in [0.29, 0.717) is 6.04 Å². The van der Waals surface area contributed by atoms with Crippen LogP contribution in [0.3, 0.4) is 0 Å². The zero-order valence-electron chi connectivity index (χ0n) is 16.1. The smallest absolute Gasteiger partial charge is 0.191 e. The van der Waals surface area contributed by atoms with Crippen molar-refractivity contribution in [3.8, 4) is 5.75 Å². The highest BCUT2D eigenvalue weighted by molar-refractivity contribution is 5.79. The SMILES string of the molecule is CCN1CCCC1CNC(=NC)NCCCCOc1ccc(C)cc1. The van der Waals surface area contributed by atoms with Gasteiger partial charge in [0.05, 0.1) is 6.61 Å². The summed E-state index contributed by atoms with van der Waals surface area (Å²) in [5.41, 5.74) is 1.26.